The molecule has 3 rings (SSSR count). The average molecular weight is 520 g/mol. The van der Waals surface area contributed by atoms with Crippen molar-refractivity contribution in [3.05, 3.63) is 0 Å². The summed E-state index contributed by atoms with van der Waals surface area (Å²) in [4.78, 5) is 48.9. The Bertz CT molecular complexity index is 762. The lowest BCUT2D eigenvalue weighted by molar-refractivity contribution is -0.147. The molecule has 3 saturated carbocycles. The molecule has 0 aromatic carbocycles. The van der Waals surface area contributed by atoms with Gasteiger partial charge >= 0.3 is 5.97 Å². The molecule has 210 valence electrons. The van der Waals surface area contributed by atoms with E-state index in [1.807, 2.05) is 13.8 Å². The second kappa shape index (κ2) is 14.7. The Morgan fingerprint density at radius 3 is 1.30 bits per heavy atom. The number of hydrogen-bond acceptors (Lipinski definition) is 5. The fourth-order valence-corrected chi connectivity index (χ4v) is 6.25. The van der Waals surface area contributed by atoms with E-state index < -0.39 is 0 Å². The van der Waals surface area contributed by atoms with Gasteiger partial charge in [-0.15, -0.1) is 0 Å². The molecule has 3 fully saturated rings. The predicted octanol–water partition coefficient (Wildman–Crippen LogP) is 3.58. The maximum absolute atomic E-state index is 12.7. The van der Waals surface area contributed by atoms with Crippen LogP contribution >= 0.6 is 0 Å². The molecule has 0 saturated heterocycles. The summed E-state index contributed by atoms with van der Waals surface area (Å²) >= 11 is 0. The molecular formula is C29H49N3O5. The lowest BCUT2D eigenvalue weighted by atomic mass is 9.80. The van der Waals surface area contributed by atoms with Gasteiger partial charge < -0.3 is 20.7 Å². The van der Waals surface area contributed by atoms with Crippen LogP contribution < -0.4 is 16.0 Å². The Hall–Kier alpha value is -2.12. The molecule has 0 unspecified atom stereocenters. The molecule has 0 spiro atoms. The topological polar surface area (TPSA) is 114 Å². The highest BCUT2D eigenvalue weighted by Gasteiger charge is 2.31. The largest absolute Gasteiger partial charge is 0.469 e. The molecule has 0 bridgehead atoms. The average Bonchev–Trinajstić information content (AvgIpc) is 2.93. The lowest BCUT2D eigenvalue weighted by Gasteiger charge is -2.31. The normalized spacial score (nSPS) is 30.3. The van der Waals surface area contributed by atoms with Crippen LogP contribution in [0.5, 0.6) is 0 Å². The number of esters is 1. The van der Waals surface area contributed by atoms with Gasteiger partial charge in [0.05, 0.1) is 13.0 Å². The highest BCUT2D eigenvalue weighted by molar-refractivity contribution is 5.79. The zero-order valence-corrected chi connectivity index (χ0v) is 23.2. The van der Waals surface area contributed by atoms with Gasteiger partial charge in [0, 0.05) is 37.4 Å². The molecule has 8 heteroatoms. The summed E-state index contributed by atoms with van der Waals surface area (Å²) in [7, 11) is 1.45. The molecule has 0 aromatic rings. The van der Waals surface area contributed by atoms with Crippen LogP contribution in [0.15, 0.2) is 0 Å². The number of amides is 3. The van der Waals surface area contributed by atoms with E-state index in [1.54, 1.807) is 0 Å². The Kier molecular flexibility index (Phi) is 11.7. The Balaban J connectivity index is 1.25. The summed E-state index contributed by atoms with van der Waals surface area (Å²) in [6, 6.07) is 0. The highest BCUT2D eigenvalue weighted by Crippen LogP contribution is 2.32. The number of ether oxygens (including phenoxy) is 1. The van der Waals surface area contributed by atoms with Crippen molar-refractivity contribution >= 4 is 23.7 Å². The van der Waals surface area contributed by atoms with E-state index >= 15 is 0 Å². The van der Waals surface area contributed by atoms with Gasteiger partial charge in [0.1, 0.15) is 0 Å². The van der Waals surface area contributed by atoms with Gasteiger partial charge in [0.15, 0.2) is 0 Å². The van der Waals surface area contributed by atoms with Crippen LogP contribution in [-0.4, -0.2) is 50.4 Å². The standard InChI is InChI=1S/C29H49N3O5/c1-19(2)26(33)30-16-20-4-10-23(11-5-20)27(34)31-17-21-6-12-24(13-7-21)28(35)32-18-22-8-14-25(15-9-22)29(36)37-3/h19-25H,4-18H2,1-3H3,(H,30,33)(H,31,34)(H,32,35). The Morgan fingerprint density at radius 2 is 0.946 bits per heavy atom. The van der Waals surface area contributed by atoms with Crippen LogP contribution in [0, 0.1) is 41.4 Å². The monoisotopic (exact) mass is 519 g/mol. The number of nitrogens with one attached hydrogen (secondary N) is 3. The lowest BCUT2D eigenvalue weighted by Crippen LogP contribution is -2.40. The molecule has 0 aliphatic heterocycles. The first kappa shape index (κ1) is 29.4. The predicted molar refractivity (Wildman–Crippen MR) is 142 cm³/mol. The van der Waals surface area contributed by atoms with E-state index in [4.69, 9.17) is 4.74 Å². The SMILES string of the molecule is COC(=O)C1CCC(CNC(=O)C2CCC(CNC(=O)C3CCC(CNC(=O)C(C)C)CC3)CC2)CC1. The molecule has 0 atom stereocenters. The minimum absolute atomic E-state index is 0.0111. The third-order valence-electron chi connectivity index (χ3n) is 9.04. The zero-order chi connectivity index (χ0) is 26.8. The maximum Gasteiger partial charge on any atom is 0.308 e. The van der Waals surface area contributed by atoms with Crippen LogP contribution in [0.25, 0.3) is 0 Å². The van der Waals surface area contributed by atoms with Gasteiger partial charge in [-0.25, -0.2) is 0 Å². The first-order valence-corrected chi connectivity index (χ1v) is 14.7. The van der Waals surface area contributed by atoms with Crippen molar-refractivity contribution in [3.63, 3.8) is 0 Å². The Morgan fingerprint density at radius 1 is 0.595 bits per heavy atom. The zero-order valence-electron chi connectivity index (χ0n) is 23.2. The van der Waals surface area contributed by atoms with Crippen molar-refractivity contribution in [2.24, 2.45) is 41.4 Å². The van der Waals surface area contributed by atoms with Crippen LogP contribution in [0.4, 0.5) is 0 Å². The quantitative estimate of drug-likeness (QED) is 0.382. The molecule has 3 N–H and O–H groups in total. The van der Waals surface area contributed by atoms with E-state index in [9.17, 15) is 19.2 Å². The van der Waals surface area contributed by atoms with Crippen LogP contribution in [0.1, 0.15) is 90.9 Å². The summed E-state index contributed by atoms with van der Waals surface area (Å²) in [5, 5.41) is 9.38. The van der Waals surface area contributed by atoms with Crippen LogP contribution in [0.3, 0.4) is 0 Å². The summed E-state index contributed by atoms with van der Waals surface area (Å²) in [6.07, 6.45) is 11.1. The second-order valence-corrected chi connectivity index (χ2v) is 12.1. The van der Waals surface area contributed by atoms with Crippen molar-refractivity contribution in [3.8, 4) is 0 Å². The first-order chi connectivity index (χ1) is 17.8. The smallest absolute Gasteiger partial charge is 0.308 e. The minimum Gasteiger partial charge on any atom is -0.469 e. The Labute approximate surface area is 222 Å². The summed E-state index contributed by atoms with van der Waals surface area (Å²) in [5.74, 6) is 1.90. The van der Waals surface area contributed by atoms with Crippen molar-refractivity contribution in [2.45, 2.75) is 90.9 Å². The fraction of sp³-hybridized carbons (Fsp3) is 0.862. The second-order valence-electron chi connectivity index (χ2n) is 12.1. The van der Waals surface area contributed by atoms with Crippen LogP contribution in [0.2, 0.25) is 0 Å². The van der Waals surface area contributed by atoms with E-state index in [2.05, 4.69) is 16.0 Å². The third-order valence-corrected chi connectivity index (χ3v) is 9.04. The van der Waals surface area contributed by atoms with Crippen molar-refractivity contribution in [1.29, 1.82) is 0 Å². The number of hydrogen-bond donors (Lipinski definition) is 3. The van der Waals surface area contributed by atoms with E-state index in [-0.39, 0.29) is 47.4 Å². The maximum atomic E-state index is 12.7. The number of carbonyl (C=O) groups is 4. The molecular weight excluding hydrogens is 470 g/mol. The van der Waals surface area contributed by atoms with Crippen molar-refractivity contribution in [1.82, 2.24) is 16.0 Å². The number of rotatable bonds is 10. The third kappa shape index (κ3) is 9.29. The molecule has 3 aliphatic carbocycles. The number of carbonyl (C=O) groups excluding carboxylic acids is 4. The molecule has 3 aliphatic rings. The fourth-order valence-electron chi connectivity index (χ4n) is 6.25. The van der Waals surface area contributed by atoms with Crippen molar-refractivity contribution < 1.29 is 23.9 Å². The number of methoxy groups -OCH3 is 1. The molecule has 8 nitrogen and oxygen atoms in total. The molecule has 0 radical (unpaired) electrons. The molecule has 3 amide bonds. The first-order valence-electron chi connectivity index (χ1n) is 14.7. The van der Waals surface area contributed by atoms with Gasteiger partial charge in [0.2, 0.25) is 17.7 Å². The van der Waals surface area contributed by atoms with Gasteiger partial charge in [-0.1, -0.05) is 13.8 Å². The van der Waals surface area contributed by atoms with Crippen LogP contribution in [-0.2, 0) is 23.9 Å². The minimum atomic E-state index is -0.105. The van der Waals surface area contributed by atoms with Gasteiger partial charge in [-0.3, -0.25) is 19.2 Å². The molecule has 0 aromatic heterocycles. The van der Waals surface area contributed by atoms with Gasteiger partial charge in [0.25, 0.3) is 0 Å². The van der Waals surface area contributed by atoms with E-state index in [0.29, 0.717) is 30.8 Å². The molecule has 37 heavy (non-hydrogen) atoms. The summed E-state index contributed by atoms with van der Waals surface area (Å²) in [6.45, 7) is 5.94. The summed E-state index contributed by atoms with van der Waals surface area (Å²) in [5.41, 5.74) is 0. The van der Waals surface area contributed by atoms with Gasteiger partial charge in [-0.2, -0.15) is 0 Å². The van der Waals surface area contributed by atoms with Crippen molar-refractivity contribution in [2.75, 3.05) is 26.7 Å². The van der Waals surface area contributed by atoms with Gasteiger partial charge in [-0.05, 0) is 94.8 Å². The molecule has 0 heterocycles. The highest BCUT2D eigenvalue weighted by atomic mass is 16.5. The van der Waals surface area contributed by atoms with E-state index in [0.717, 1.165) is 83.6 Å². The summed E-state index contributed by atoms with van der Waals surface area (Å²) < 4.78 is 4.85. The van der Waals surface area contributed by atoms with E-state index in [1.165, 1.54) is 7.11 Å².